The van der Waals surface area contributed by atoms with Crippen molar-refractivity contribution in [2.45, 2.75) is 0 Å². The molecule has 0 aliphatic rings. The number of benzene rings is 2. The first-order valence-electron chi connectivity index (χ1n) is 8.25. The van der Waals surface area contributed by atoms with Gasteiger partial charge in [-0.3, -0.25) is 9.78 Å². The highest BCUT2D eigenvalue weighted by molar-refractivity contribution is 6.09. The Morgan fingerprint density at radius 3 is 2.44 bits per heavy atom. The quantitative estimate of drug-likeness (QED) is 0.286. The number of hydrogen-bond donors (Lipinski definition) is 0. The number of esters is 1. The number of allylic oxidation sites excluding steroid dienone is 1. The van der Waals surface area contributed by atoms with Gasteiger partial charge in [0.05, 0.1) is 18.2 Å². The standard InChI is InChI=1S/C22H17NO4/c1-26-18-11-8-16(9-12-18)10-13-20(24)19-6-2-3-7-21(19)27-22(25)17-5-4-14-23-15-17/h2-15H,1H3/b13-10+. The summed E-state index contributed by atoms with van der Waals surface area (Å²) in [6.07, 6.45) is 6.12. The third kappa shape index (κ3) is 4.67. The third-order valence-corrected chi connectivity index (χ3v) is 3.80. The molecule has 0 fully saturated rings. The number of rotatable bonds is 6. The predicted molar refractivity (Wildman–Crippen MR) is 102 cm³/mol. The molecule has 0 saturated heterocycles. The Balaban J connectivity index is 1.77. The average Bonchev–Trinajstić information content (AvgIpc) is 2.73. The van der Waals surface area contributed by atoms with E-state index in [1.165, 1.54) is 12.3 Å². The lowest BCUT2D eigenvalue weighted by atomic mass is 10.1. The number of methoxy groups -OCH3 is 1. The van der Waals surface area contributed by atoms with Gasteiger partial charge < -0.3 is 9.47 Å². The number of para-hydroxylation sites is 1. The van der Waals surface area contributed by atoms with E-state index in [1.807, 2.05) is 24.3 Å². The van der Waals surface area contributed by atoms with Crippen molar-refractivity contribution in [3.63, 3.8) is 0 Å². The molecule has 134 valence electrons. The van der Waals surface area contributed by atoms with Gasteiger partial charge >= 0.3 is 5.97 Å². The zero-order valence-electron chi connectivity index (χ0n) is 14.7. The van der Waals surface area contributed by atoms with Gasteiger partial charge in [-0.15, -0.1) is 0 Å². The van der Waals surface area contributed by atoms with E-state index in [9.17, 15) is 9.59 Å². The summed E-state index contributed by atoms with van der Waals surface area (Å²) >= 11 is 0. The maximum absolute atomic E-state index is 12.6. The van der Waals surface area contributed by atoms with Crippen LogP contribution >= 0.6 is 0 Å². The molecule has 5 nitrogen and oxygen atoms in total. The second-order valence-corrected chi connectivity index (χ2v) is 5.60. The van der Waals surface area contributed by atoms with Crippen LogP contribution in [0.15, 0.2) is 79.1 Å². The molecule has 0 bridgehead atoms. The second-order valence-electron chi connectivity index (χ2n) is 5.60. The van der Waals surface area contributed by atoms with Gasteiger partial charge in [0.25, 0.3) is 0 Å². The van der Waals surface area contributed by atoms with Gasteiger partial charge in [0.15, 0.2) is 5.78 Å². The van der Waals surface area contributed by atoms with Crippen molar-refractivity contribution in [1.82, 2.24) is 4.98 Å². The van der Waals surface area contributed by atoms with Crippen LogP contribution in [0, 0.1) is 0 Å². The number of aromatic nitrogens is 1. The summed E-state index contributed by atoms with van der Waals surface area (Å²) < 4.78 is 10.5. The fraction of sp³-hybridized carbons (Fsp3) is 0.0455. The number of carbonyl (C=O) groups is 2. The monoisotopic (exact) mass is 359 g/mol. The van der Waals surface area contributed by atoms with Gasteiger partial charge in [-0.25, -0.2) is 4.79 Å². The Hall–Kier alpha value is -3.73. The van der Waals surface area contributed by atoms with E-state index < -0.39 is 5.97 Å². The number of ether oxygens (including phenoxy) is 2. The Morgan fingerprint density at radius 2 is 1.74 bits per heavy atom. The van der Waals surface area contributed by atoms with Crippen LogP contribution in [0.4, 0.5) is 0 Å². The topological polar surface area (TPSA) is 65.5 Å². The van der Waals surface area contributed by atoms with E-state index in [2.05, 4.69) is 4.98 Å². The van der Waals surface area contributed by atoms with Crippen LogP contribution in [0.1, 0.15) is 26.3 Å². The fourth-order valence-corrected chi connectivity index (χ4v) is 2.38. The van der Waals surface area contributed by atoms with Gasteiger partial charge in [0.1, 0.15) is 11.5 Å². The third-order valence-electron chi connectivity index (χ3n) is 3.80. The van der Waals surface area contributed by atoms with E-state index in [0.717, 1.165) is 11.3 Å². The molecule has 1 aromatic heterocycles. The SMILES string of the molecule is COc1ccc(/C=C/C(=O)c2ccccc2OC(=O)c2cccnc2)cc1. The fourth-order valence-electron chi connectivity index (χ4n) is 2.38. The van der Waals surface area contributed by atoms with E-state index in [4.69, 9.17) is 9.47 Å². The molecule has 0 aliphatic heterocycles. The zero-order valence-corrected chi connectivity index (χ0v) is 14.7. The summed E-state index contributed by atoms with van der Waals surface area (Å²) in [5.74, 6) is 0.116. The first-order valence-corrected chi connectivity index (χ1v) is 8.25. The molecular weight excluding hydrogens is 342 g/mol. The van der Waals surface area contributed by atoms with Crippen molar-refractivity contribution < 1.29 is 19.1 Å². The van der Waals surface area contributed by atoms with Crippen LogP contribution in [0.2, 0.25) is 0 Å². The maximum atomic E-state index is 12.6. The Morgan fingerprint density at radius 1 is 0.963 bits per heavy atom. The number of pyridine rings is 1. The molecule has 0 unspecified atom stereocenters. The molecular formula is C22H17NO4. The van der Waals surface area contributed by atoms with Gasteiger partial charge in [0, 0.05) is 12.4 Å². The van der Waals surface area contributed by atoms with Crippen molar-refractivity contribution in [1.29, 1.82) is 0 Å². The summed E-state index contributed by atoms with van der Waals surface area (Å²) in [4.78, 5) is 28.7. The van der Waals surface area contributed by atoms with E-state index in [-0.39, 0.29) is 11.5 Å². The molecule has 2 aromatic carbocycles. The molecule has 27 heavy (non-hydrogen) atoms. The van der Waals surface area contributed by atoms with Gasteiger partial charge in [-0.2, -0.15) is 0 Å². The van der Waals surface area contributed by atoms with Crippen molar-refractivity contribution in [3.8, 4) is 11.5 Å². The smallest absolute Gasteiger partial charge is 0.345 e. The molecule has 0 N–H and O–H groups in total. The normalized spacial score (nSPS) is 10.6. The van der Waals surface area contributed by atoms with Crippen LogP contribution < -0.4 is 9.47 Å². The molecule has 0 spiro atoms. The first-order chi connectivity index (χ1) is 13.2. The summed E-state index contributed by atoms with van der Waals surface area (Å²) in [5.41, 5.74) is 1.47. The van der Waals surface area contributed by atoms with Crippen molar-refractivity contribution in [3.05, 3.63) is 95.8 Å². The summed E-state index contributed by atoms with van der Waals surface area (Å²) in [6.45, 7) is 0. The maximum Gasteiger partial charge on any atom is 0.345 e. The zero-order chi connectivity index (χ0) is 19.1. The minimum Gasteiger partial charge on any atom is -0.497 e. The molecule has 0 saturated carbocycles. The van der Waals surface area contributed by atoms with Crippen LogP contribution in [0.3, 0.4) is 0 Å². The van der Waals surface area contributed by atoms with Crippen LogP contribution in [-0.2, 0) is 0 Å². The van der Waals surface area contributed by atoms with E-state index >= 15 is 0 Å². The lowest BCUT2D eigenvalue weighted by Gasteiger charge is -2.08. The van der Waals surface area contributed by atoms with E-state index in [1.54, 1.807) is 55.8 Å². The van der Waals surface area contributed by atoms with Crippen molar-refractivity contribution >= 4 is 17.8 Å². The lowest BCUT2D eigenvalue weighted by molar-refractivity contribution is 0.0732. The first kappa shape index (κ1) is 18.1. The number of nitrogens with zero attached hydrogens (tertiary/aromatic N) is 1. The van der Waals surface area contributed by atoms with Crippen LogP contribution in [0.5, 0.6) is 11.5 Å². The summed E-state index contributed by atoms with van der Waals surface area (Å²) in [7, 11) is 1.60. The second kappa shape index (κ2) is 8.58. The molecule has 3 rings (SSSR count). The minimum atomic E-state index is -0.567. The molecule has 1 heterocycles. The predicted octanol–water partition coefficient (Wildman–Crippen LogP) is 4.21. The summed E-state index contributed by atoms with van der Waals surface area (Å²) in [6, 6.07) is 17.2. The lowest BCUT2D eigenvalue weighted by Crippen LogP contribution is -2.11. The molecule has 0 atom stereocenters. The highest BCUT2D eigenvalue weighted by Crippen LogP contribution is 2.21. The number of carbonyl (C=O) groups excluding carboxylic acids is 2. The van der Waals surface area contributed by atoms with Gasteiger partial charge in [-0.05, 0) is 48.0 Å². The molecule has 0 amide bonds. The minimum absolute atomic E-state index is 0.204. The molecule has 3 aromatic rings. The number of hydrogen-bond acceptors (Lipinski definition) is 5. The summed E-state index contributed by atoms with van der Waals surface area (Å²) in [5, 5.41) is 0. The highest BCUT2D eigenvalue weighted by Gasteiger charge is 2.14. The van der Waals surface area contributed by atoms with Gasteiger partial charge in [0.2, 0.25) is 0 Å². The van der Waals surface area contributed by atoms with Crippen LogP contribution in [0.25, 0.3) is 6.08 Å². The van der Waals surface area contributed by atoms with Gasteiger partial charge in [-0.1, -0.05) is 30.3 Å². The highest BCUT2D eigenvalue weighted by atomic mass is 16.5. The molecule has 5 heteroatoms. The largest absolute Gasteiger partial charge is 0.497 e. The Labute approximate surface area is 156 Å². The Bertz CT molecular complexity index is 963. The average molecular weight is 359 g/mol. The van der Waals surface area contributed by atoms with Crippen LogP contribution in [-0.4, -0.2) is 23.8 Å². The number of ketones is 1. The molecule has 0 radical (unpaired) electrons. The Kier molecular flexibility index (Phi) is 5.74. The van der Waals surface area contributed by atoms with E-state index in [0.29, 0.717) is 11.1 Å². The van der Waals surface area contributed by atoms with Crippen molar-refractivity contribution in [2.24, 2.45) is 0 Å². The van der Waals surface area contributed by atoms with Crippen molar-refractivity contribution in [2.75, 3.05) is 7.11 Å². The molecule has 0 aliphatic carbocycles.